The van der Waals surface area contributed by atoms with Crippen molar-refractivity contribution in [2.75, 3.05) is 0 Å². The van der Waals surface area contributed by atoms with Crippen LogP contribution in [-0.2, 0) is 0 Å². The van der Waals surface area contributed by atoms with E-state index in [1.54, 1.807) is 0 Å². The maximum atomic E-state index is 5.66. The molecule has 4 heteroatoms. The number of hydrogen-bond donors (Lipinski definition) is 1. The van der Waals surface area contributed by atoms with E-state index in [0.717, 1.165) is 12.8 Å². The second-order valence-electron chi connectivity index (χ2n) is 2.18. The van der Waals surface area contributed by atoms with Gasteiger partial charge in [0.05, 0.1) is 6.04 Å². The Morgan fingerprint density at radius 1 is 1.80 bits per heavy atom. The molecule has 0 amide bonds. The highest BCUT2D eigenvalue weighted by atomic mass is 16.5. The lowest BCUT2D eigenvalue weighted by atomic mass is 10.2. The standard InChI is InChI=1S/C6H11N3O/c1-2-3-5(7)6-8-4-10-9-6/h4-5H,2-3,7H2,1H3/t5-/m0/s1. The van der Waals surface area contributed by atoms with Crippen molar-refractivity contribution in [2.24, 2.45) is 5.73 Å². The molecule has 0 saturated heterocycles. The molecule has 0 aliphatic rings. The fourth-order valence-electron chi connectivity index (χ4n) is 0.782. The lowest BCUT2D eigenvalue weighted by Gasteiger charge is -2.01. The molecule has 1 aromatic rings. The molecule has 4 nitrogen and oxygen atoms in total. The maximum absolute atomic E-state index is 5.66. The van der Waals surface area contributed by atoms with Gasteiger partial charge in [0.2, 0.25) is 6.39 Å². The van der Waals surface area contributed by atoms with Gasteiger partial charge in [0.1, 0.15) is 0 Å². The van der Waals surface area contributed by atoms with Crippen LogP contribution in [0.4, 0.5) is 0 Å². The third-order valence-corrected chi connectivity index (χ3v) is 1.31. The van der Waals surface area contributed by atoms with Gasteiger partial charge in [-0.05, 0) is 6.42 Å². The van der Waals surface area contributed by atoms with Crippen molar-refractivity contribution in [1.29, 1.82) is 0 Å². The number of hydrogen-bond acceptors (Lipinski definition) is 4. The highest BCUT2D eigenvalue weighted by molar-refractivity contribution is 4.86. The van der Waals surface area contributed by atoms with Gasteiger partial charge < -0.3 is 10.3 Å². The SMILES string of the molecule is CCC[C@H](N)c1ncon1. The van der Waals surface area contributed by atoms with Gasteiger partial charge in [-0.15, -0.1) is 0 Å². The van der Waals surface area contributed by atoms with Gasteiger partial charge in [0.15, 0.2) is 5.82 Å². The second-order valence-corrected chi connectivity index (χ2v) is 2.18. The molecule has 0 aliphatic heterocycles. The molecule has 0 spiro atoms. The second kappa shape index (κ2) is 3.31. The zero-order chi connectivity index (χ0) is 7.40. The third kappa shape index (κ3) is 1.54. The van der Waals surface area contributed by atoms with Crippen LogP contribution in [0.3, 0.4) is 0 Å². The van der Waals surface area contributed by atoms with Crippen molar-refractivity contribution in [3.05, 3.63) is 12.2 Å². The number of aromatic nitrogens is 2. The summed E-state index contributed by atoms with van der Waals surface area (Å²) in [6.45, 7) is 2.07. The maximum Gasteiger partial charge on any atom is 0.213 e. The topological polar surface area (TPSA) is 64.9 Å². The summed E-state index contributed by atoms with van der Waals surface area (Å²) in [5.41, 5.74) is 5.66. The fourth-order valence-corrected chi connectivity index (χ4v) is 0.782. The molecular weight excluding hydrogens is 130 g/mol. The summed E-state index contributed by atoms with van der Waals surface area (Å²) in [5, 5.41) is 3.62. The predicted octanol–water partition coefficient (Wildman–Crippen LogP) is 0.869. The zero-order valence-corrected chi connectivity index (χ0v) is 5.95. The first-order chi connectivity index (χ1) is 4.84. The van der Waals surface area contributed by atoms with E-state index in [1.165, 1.54) is 6.39 Å². The van der Waals surface area contributed by atoms with E-state index in [4.69, 9.17) is 5.73 Å². The normalized spacial score (nSPS) is 13.4. The van der Waals surface area contributed by atoms with Gasteiger partial charge >= 0.3 is 0 Å². The smallest absolute Gasteiger partial charge is 0.213 e. The summed E-state index contributed by atoms with van der Waals surface area (Å²) in [5.74, 6) is 0.599. The van der Waals surface area contributed by atoms with Gasteiger partial charge in [-0.1, -0.05) is 18.5 Å². The van der Waals surface area contributed by atoms with Crippen LogP contribution in [-0.4, -0.2) is 10.1 Å². The molecule has 0 bridgehead atoms. The highest BCUT2D eigenvalue weighted by Crippen LogP contribution is 2.09. The van der Waals surface area contributed by atoms with Crippen molar-refractivity contribution in [3.63, 3.8) is 0 Å². The molecule has 0 aromatic carbocycles. The summed E-state index contributed by atoms with van der Waals surface area (Å²) in [6.07, 6.45) is 3.24. The van der Waals surface area contributed by atoms with Crippen molar-refractivity contribution in [2.45, 2.75) is 25.8 Å². The molecule has 0 saturated carbocycles. The minimum atomic E-state index is -0.0660. The molecule has 1 aromatic heterocycles. The first-order valence-corrected chi connectivity index (χ1v) is 3.36. The van der Waals surface area contributed by atoms with Crippen LogP contribution in [0.1, 0.15) is 31.6 Å². The van der Waals surface area contributed by atoms with E-state index in [9.17, 15) is 0 Å². The molecule has 0 radical (unpaired) electrons. The van der Waals surface area contributed by atoms with Crippen molar-refractivity contribution >= 4 is 0 Å². The Hall–Kier alpha value is -0.900. The Kier molecular flexibility index (Phi) is 2.39. The monoisotopic (exact) mass is 141 g/mol. The average Bonchev–Trinajstić information content (AvgIpc) is 2.38. The molecule has 1 rings (SSSR count). The number of nitrogens with two attached hydrogens (primary N) is 1. The van der Waals surface area contributed by atoms with E-state index >= 15 is 0 Å². The Labute approximate surface area is 59.4 Å². The fraction of sp³-hybridized carbons (Fsp3) is 0.667. The summed E-state index contributed by atoms with van der Waals surface area (Å²) in [6, 6.07) is -0.0660. The van der Waals surface area contributed by atoms with Crippen molar-refractivity contribution in [3.8, 4) is 0 Å². The summed E-state index contributed by atoms with van der Waals surface area (Å²) in [7, 11) is 0. The summed E-state index contributed by atoms with van der Waals surface area (Å²) in [4.78, 5) is 3.83. The number of nitrogens with zero attached hydrogens (tertiary/aromatic N) is 2. The first kappa shape index (κ1) is 7.21. The Morgan fingerprint density at radius 2 is 2.60 bits per heavy atom. The van der Waals surface area contributed by atoms with Crippen LogP contribution in [0.25, 0.3) is 0 Å². The van der Waals surface area contributed by atoms with Gasteiger partial charge in [0, 0.05) is 0 Å². The minimum absolute atomic E-state index is 0.0660. The molecule has 10 heavy (non-hydrogen) atoms. The lowest BCUT2D eigenvalue weighted by molar-refractivity contribution is 0.402. The molecule has 1 heterocycles. The number of rotatable bonds is 3. The van der Waals surface area contributed by atoms with Crippen LogP contribution < -0.4 is 5.73 Å². The molecule has 1 atom stereocenters. The lowest BCUT2D eigenvalue weighted by Crippen LogP contribution is -2.11. The van der Waals surface area contributed by atoms with E-state index < -0.39 is 0 Å². The average molecular weight is 141 g/mol. The largest absolute Gasteiger partial charge is 0.343 e. The van der Waals surface area contributed by atoms with E-state index in [0.29, 0.717) is 5.82 Å². The Balaban J connectivity index is 2.50. The van der Waals surface area contributed by atoms with Gasteiger partial charge in [0.25, 0.3) is 0 Å². The summed E-state index contributed by atoms with van der Waals surface area (Å²) >= 11 is 0. The highest BCUT2D eigenvalue weighted by Gasteiger charge is 2.08. The molecular formula is C6H11N3O. The molecule has 0 fully saturated rings. The zero-order valence-electron chi connectivity index (χ0n) is 5.95. The van der Waals surface area contributed by atoms with Crippen molar-refractivity contribution in [1.82, 2.24) is 10.1 Å². The van der Waals surface area contributed by atoms with Crippen LogP contribution >= 0.6 is 0 Å². The van der Waals surface area contributed by atoms with Gasteiger partial charge in [-0.3, -0.25) is 0 Å². The third-order valence-electron chi connectivity index (χ3n) is 1.31. The molecule has 0 aliphatic carbocycles. The molecule has 2 N–H and O–H groups in total. The minimum Gasteiger partial charge on any atom is -0.343 e. The van der Waals surface area contributed by atoms with Crippen molar-refractivity contribution < 1.29 is 4.52 Å². The Morgan fingerprint density at radius 3 is 3.10 bits per heavy atom. The molecule has 56 valence electrons. The molecule has 0 unspecified atom stereocenters. The van der Waals surface area contributed by atoms with Crippen LogP contribution in [0, 0.1) is 0 Å². The quantitative estimate of drug-likeness (QED) is 0.678. The van der Waals surface area contributed by atoms with E-state index in [1.807, 2.05) is 0 Å². The van der Waals surface area contributed by atoms with E-state index in [2.05, 4.69) is 21.6 Å². The van der Waals surface area contributed by atoms with Crippen LogP contribution in [0.5, 0.6) is 0 Å². The first-order valence-electron chi connectivity index (χ1n) is 3.36. The van der Waals surface area contributed by atoms with Gasteiger partial charge in [-0.2, -0.15) is 4.98 Å². The van der Waals surface area contributed by atoms with E-state index in [-0.39, 0.29) is 6.04 Å². The van der Waals surface area contributed by atoms with Crippen LogP contribution in [0.2, 0.25) is 0 Å². The van der Waals surface area contributed by atoms with Crippen LogP contribution in [0.15, 0.2) is 10.9 Å². The predicted molar refractivity (Wildman–Crippen MR) is 36.1 cm³/mol. The summed E-state index contributed by atoms with van der Waals surface area (Å²) < 4.78 is 4.54. The Bertz CT molecular complexity index is 173. The van der Waals surface area contributed by atoms with Gasteiger partial charge in [-0.25, -0.2) is 0 Å².